The maximum absolute atomic E-state index is 13.1. The number of benzene rings is 1. The van der Waals surface area contributed by atoms with Crippen LogP contribution >= 0.6 is 11.3 Å². The van der Waals surface area contributed by atoms with Gasteiger partial charge < -0.3 is 9.72 Å². The van der Waals surface area contributed by atoms with Crippen LogP contribution in [0.25, 0.3) is 22.4 Å². The van der Waals surface area contributed by atoms with Crippen molar-refractivity contribution in [1.29, 1.82) is 0 Å². The van der Waals surface area contributed by atoms with Gasteiger partial charge in [-0.2, -0.15) is 5.10 Å². The molecule has 0 fully saturated rings. The molecule has 0 aliphatic carbocycles. The third kappa shape index (κ3) is 4.22. The van der Waals surface area contributed by atoms with Crippen molar-refractivity contribution in [2.75, 3.05) is 6.61 Å². The molecule has 11 heteroatoms. The van der Waals surface area contributed by atoms with Crippen LogP contribution in [0.5, 0.6) is 5.75 Å². The van der Waals surface area contributed by atoms with E-state index in [-0.39, 0.29) is 22.0 Å². The highest BCUT2D eigenvalue weighted by Crippen LogP contribution is 2.31. The second kappa shape index (κ2) is 9.57. The highest BCUT2D eigenvalue weighted by molar-refractivity contribution is 7.16. The van der Waals surface area contributed by atoms with E-state index in [1.807, 2.05) is 13.8 Å². The Morgan fingerprint density at radius 3 is 2.68 bits per heavy atom. The number of aryl methyl sites for hydroxylation is 2. The molecule has 10 nitrogen and oxygen atoms in total. The molecular weight excluding hydrogens is 458 g/mol. The van der Waals surface area contributed by atoms with Gasteiger partial charge in [-0.1, -0.05) is 13.3 Å². The number of amides is 1. The Bertz CT molecular complexity index is 1450. The second-order valence-electron chi connectivity index (χ2n) is 7.51. The number of fused-ring (bicyclic) bond motifs is 1. The minimum Gasteiger partial charge on any atom is -0.493 e. The molecule has 0 aliphatic heterocycles. The number of hydroxylamine groups is 1. The molecule has 3 N–H and O–H groups in total. The van der Waals surface area contributed by atoms with Crippen molar-refractivity contribution in [2.24, 2.45) is 7.05 Å². The lowest BCUT2D eigenvalue weighted by molar-refractivity contribution is 0.0711. The number of nitrogens with one attached hydrogen (secondary N) is 2. The molecule has 0 saturated heterocycles. The van der Waals surface area contributed by atoms with E-state index in [1.165, 1.54) is 16.8 Å². The number of hydrogen-bond donors (Lipinski definition) is 3. The Labute approximate surface area is 198 Å². The number of ketones is 1. The van der Waals surface area contributed by atoms with Gasteiger partial charge >= 0.3 is 0 Å². The van der Waals surface area contributed by atoms with Crippen molar-refractivity contribution >= 4 is 34.1 Å². The summed E-state index contributed by atoms with van der Waals surface area (Å²) in [6.07, 6.45) is 1.52. The third-order valence-corrected chi connectivity index (χ3v) is 6.28. The Morgan fingerprint density at radius 1 is 1.21 bits per heavy atom. The van der Waals surface area contributed by atoms with Crippen LogP contribution in [0.3, 0.4) is 0 Å². The van der Waals surface area contributed by atoms with Crippen molar-refractivity contribution in [1.82, 2.24) is 25.2 Å². The molecule has 0 bridgehead atoms. The average molecular weight is 482 g/mol. The Balaban J connectivity index is 1.83. The number of ether oxygens (including phenoxy) is 1. The summed E-state index contributed by atoms with van der Waals surface area (Å²) in [5, 5.41) is 13.3. The van der Waals surface area contributed by atoms with E-state index in [0.717, 1.165) is 23.5 Å². The van der Waals surface area contributed by atoms with E-state index in [9.17, 15) is 14.4 Å². The standard InChI is InChI=1S/C23H23N5O5S/c1-4-6-14-18-19(28(3)26-14)23(31)25-21(24-18)13-11-12(7-8-15(13)33-5-2)20(29)16-9-10-17(34-16)22(30)27-32/h7-11,32H,4-6H2,1-3H3,(H,27,30)(H,24,25,31). The van der Waals surface area contributed by atoms with E-state index in [0.29, 0.717) is 45.8 Å². The fraction of sp³-hybridized carbons (Fsp3) is 0.261. The van der Waals surface area contributed by atoms with Crippen LogP contribution in [0, 0.1) is 0 Å². The van der Waals surface area contributed by atoms with Crippen molar-refractivity contribution in [2.45, 2.75) is 26.7 Å². The van der Waals surface area contributed by atoms with Gasteiger partial charge in [0.15, 0.2) is 5.52 Å². The fourth-order valence-electron chi connectivity index (χ4n) is 3.70. The van der Waals surface area contributed by atoms with E-state index in [1.54, 1.807) is 30.7 Å². The Morgan fingerprint density at radius 2 is 1.97 bits per heavy atom. The summed E-state index contributed by atoms with van der Waals surface area (Å²) in [6, 6.07) is 7.86. The maximum atomic E-state index is 13.1. The summed E-state index contributed by atoms with van der Waals surface area (Å²) < 4.78 is 7.27. The Hall–Kier alpha value is -3.83. The van der Waals surface area contributed by atoms with E-state index in [2.05, 4.69) is 10.1 Å². The van der Waals surface area contributed by atoms with Crippen LogP contribution in [-0.4, -0.2) is 43.3 Å². The van der Waals surface area contributed by atoms with Crippen LogP contribution in [0.2, 0.25) is 0 Å². The molecule has 0 aliphatic rings. The summed E-state index contributed by atoms with van der Waals surface area (Å²) >= 11 is 0.962. The van der Waals surface area contributed by atoms with Gasteiger partial charge in [-0.15, -0.1) is 11.3 Å². The minimum absolute atomic E-state index is 0.202. The first-order chi connectivity index (χ1) is 16.4. The number of carbonyl (C=O) groups is 2. The number of aromatic nitrogens is 4. The summed E-state index contributed by atoms with van der Waals surface area (Å²) in [7, 11) is 1.70. The van der Waals surface area contributed by atoms with Crippen molar-refractivity contribution in [3.8, 4) is 17.1 Å². The zero-order valence-electron chi connectivity index (χ0n) is 18.8. The van der Waals surface area contributed by atoms with Gasteiger partial charge in [0.1, 0.15) is 17.1 Å². The smallest absolute Gasteiger partial charge is 0.284 e. The number of thiophene rings is 1. The number of hydrogen-bond acceptors (Lipinski definition) is 8. The average Bonchev–Trinajstić information content (AvgIpc) is 3.44. The zero-order chi connectivity index (χ0) is 24.4. The van der Waals surface area contributed by atoms with Gasteiger partial charge in [0.25, 0.3) is 11.5 Å². The van der Waals surface area contributed by atoms with Crippen LogP contribution < -0.4 is 15.8 Å². The van der Waals surface area contributed by atoms with E-state index in [4.69, 9.17) is 14.9 Å². The fourth-order valence-corrected chi connectivity index (χ4v) is 4.55. The molecule has 0 spiro atoms. The quantitative estimate of drug-likeness (QED) is 0.200. The van der Waals surface area contributed by atoms with Crippen molar-refractivity contribution in [3.05, 3.63) is 61.7 Å². The first-order valence-corrected chi connectivity index (χ1v) is 11.5. The monoisotopic (exact) mass is 481 g/mol. The number of H-pyrrole nitrogens is 1. The van der Waals surface area contributed by atoms with Gasteiger partial charge in [-0.25, -0.2) is 10.5 Å². The molecule has 0 saturated carbocycles. The molecule has 4 aromatic rings. The van der Waals surface area contributed by atoms with Crippen LogP contribution in [-0.2, 0) is 13.5 Å². The van der Waals surface area contributed by atoms with Crippen LogP contribution in [0.15, 0.2) is 35.1 Å². The SMILES string of the molecule is CCCc1nn(C)c2c(=O)[nH]c(-c3cc(C(=O)c4ccc(C(=O)NO)s4)ccc3OCC)nc12. The molecule has 3 heterocycles. The first kappa shape index (κ1) is 23.3. The molecular formula is C23H23N5O5S. The summed E-state index contributed by atoms with van der Waals surface area (Å²) in [5.74, 6) is -0.268. The Kier molecular flexibility index (Phi) is 6.57. The van der Waals surface area contributed by atoms with Gasteiger partial charge in [-0.3, -0.25) is 24.3 Å². The lowest BCUT2D eigenvalue weighted by Crippen LogP contribution is -2.16. The van der Waals surface area contributed by atoms with E-state index < -0.39 is 5.91 Å². The van der Waals surface area contributed by atoms with Gasteiger partial charge in [0.2, 0.25) is 5.78 Å². The minimum atomic E-state index is -0.689. The molecule has 1 amide bonds. The number of aromatic amines is 1. The molecule has 1 aromatic carbocycles. The van der Waals surface area contributed by atoms with Crippen LogP contribution in [0.4, 0.5) is 0 Å². The molecule has 0 radical (unpaired) electrons. The van der Waals surface area contributed by atoms with Gasteiger partial charge in [0.05, 0.1) is 27.6 Å². The third-order valence-electron chi connectivity index (χ3n) is 5.20. The second-order valence-corrected chi connectivity index (χ2v) is 8.59. The van der Waals surface area contributed by atoms with Gasteiger partial charge in [0, 0.05) is 12.6 Å². The number of rotatable bonds is 8. The highest BCUT2D eigenvalue weighted by Gasteiger charge is 2.20. The first-order valence-electron chi connectivity index (χ1n) is 10.7. The zero-order valence-corrected chi connectivity index (χ0v) is 19.7. The summed E-state index contributed by atoms with van der Waals surface area (Å²) in [4.78, 5) is 45.7. The van der Waals surface area contributed by atoms with Crippen molar-refractivity contribution < 1.29 is 19.5 Å². The molecule has 3 aromatic heterocycles. The number of carbonyl (C=O) groups excluding carboxylic acids is 2. The summed E-state index contributed by atoms with van der Waals surface area (Å²) in [5.41, 5.74) is 3.63. The molecule has 34 heavy (non-hydrogen) atoms. The molecule has 4 rings (SSSR count). The van der Waals surface area contributed by atoms with E-state index >= 15 is 0 Å². The lowest BCUT2D eigenvalue weighted by atomic mass is 10.0. The summed E-state index contributed by atoms with van der Waals surface area (Å²) in [6.45, 7) is 4.24. The maximum Gasteiger partial charge on any atom is 0.284 e. The topological polar surface area (TPSA) is 139 Å². The predicted octanol–water partition coefficient (Wildman–Crippen LogP) is 3.09. The molecule has 0 unspecified atom stereocenters. The highest BCUT2D eigenvalue weighted by atomic mass is 32.1. The van der Waals surface area contributed by atoms with Gasteiger partial charge in [-0.05, 0) is 43.7 Å². The molecule has 0 atom stereocenters. The van der Waals surface area contributed by atoms with Crippen LogP contribution in [0.1, 0.15) is 50.9 Å². The predicted molar refractivity (Wildman–Crippen MR) is 127 cm³/mol. The largest absolute Gasteiger partial charge is 0.493 e. The normalized spacial score (nSPS) is 11.1. The number of nitrogens with zero attached hydrogens (tertiary/aromatic N) is 3. The van der Waals surface area contributed by atoms with Crippen molar-refractivity contribution in [3.63, 3.8) is 0 Å². The molecule has 176 valence electrons. The lowest BCUT2D eigenvalue weighted by Gasteiger charge is -2.11.